The molecule has 2 atom stereocenters. The molecule has 0 spiro atoms. The molecule has 32 heavy (non-hydrogen) atoms. The van der Waals surface area contributed by atoms with Gasteiger partial charge in [0.1, 0.15) is 0 Å². The highest BCUT2D eigenvalue weighted by atomic mass is 16.5. The number of para-hydroxylation sites is 1. The number of nitrogens with one attached hydrogen (secondary N) is 2. The number of benzene rings is 1. The summed E-state index contributed by atoms with van der Waals surface area (Å²) in [5, 5.41) is 5.45. The van der Waals surface area contributed by atoms with Gasteiger partial charge in [-0.15, -0.1) is 0 Å². The van der Waals surface area contributed by atoms with E-state index in [9.17, 15) is 24.0 Å². The average Bonchev–Trinajstić information content (AvgIpc) is 3.57. The Balaban J connectivity index is 1.23. The minimum Gasteiger partial charge on any atom is -0.456 e. The molecule has 1 aromatic rings. The van der Waals surface area contributed by atoms with E-state index in [1.54, 1.807) is 24.3 Å². The lowest BCUT2D eigenvalue weighted by molar-refractivity contribution is -0.148. The van der Waals surface area contributed by atoms with E-state index >= 15 is 0 Å². The highest BCUT2D eigenvalue weighted by Crippen LogP contribution is 2.35. The molecule has 1 heterocycles. The zero-order valence-electron chi connectivity index (χ0n) is 17.5. The molecule has 168 valence electrons. The van der Waals surface area contributed by atoms with Gasteiger partial charge in [-0.05, 0) is 37.8 Å². The van der Waals surface area contributed by atoms with Crippen LogP contribution in [0.15, 0.2) is 36.4 Å². The largest absolute Gasteiger partial charge is 0.456 e. The monoisotopic (exact) mass is 439 g/mol. The van der Waals surface area contributed by atoms with Crippen LogP contribution in [-0.4, -0.2) is 53.7 Å². The predicted octanol–water partition coefficient (Wildman–Crippen LogP) is 1.40. The first-order chi connectivity index (χ1) is 15.4. The van der Waals surface area contributed by atoms with Crippen LogP contribution in [0, 0.1) is 11.8 Å². The lowest BCUT2D eigenvalue weighted by Crippen LogP contribution is -2.33. The minimum absolute atomic E-state index is 0.0602. The Morgan fingerprint density at radius 3 is 2.31 bits per heavy atom. The van der Waals surface area contributed by atoms with E-state index in [1.807, 2.05) is 12.2 Å². The zero-order valence-corrected chi connectivity index (χ0v) is 17.5. The third-order valence-electron chi connectivity index (χ3n) is 5.86. The van der Waals surface area contributed by atoms with Crippen LogP contribution in [0.3, 0.4) is 0 Å². The molecule has 9 heteroatoms. The Bertz CT molecular complexity index is 958. The molecule has 0 bridgehead atoms. The number of ether oxygens (including phenoxy) is 1. The second-order valence-corrected chi connectivity index (χ2v) is 8.24. The number of nitrogens with zero attached hydrogens (tertiary/aromatic N) is 1. The van der Waals surface area contributed by atoms with Crippen molar-refractivity contribution in [2.45, 2.75) is 38.1 Å². The van der Waals surface area contributed by atoms with E-state index in [0.717, 1.165) is 17.7 Å². The number of carbonyl (C=O) groups is 5. The van der Waals surface area contributed by atoms with Gasteiger partial charge in [0.05, 0.1) is 29.5 Å². The fourth-order valence-corrected chi connectivity index (χ4v) is 3.98. The standard InChI is InChI=1S/C23H25N3O6/c27-19(25-18-8-4-3-7-17(18)21(29)24-14-9-10-14)13-32-20(28)11-12-26-22(30)15-5-1-2-6-16(15)23(26)31/h1-4,7-8,14-16H,5-6,9-13H2,(H,24,29)(H,25,27). The lowest BCUT2D eigenvalue weighted by Gasteiger charge is -2.14. The summed E-state index contributed by atoms with van der Waals surface area (Å²) >= 11 is 0. The maximum Gasteiger partial charge on any atom is 0.308 e. The molecule has 4 amide bonds. The van der Waals surface area contributed by atoms with Gasteiger partial charge >= 0.3 is 5.97 Å². The molecule has 2 fully saturated rings. The highest BCUT2D eigenvalue weighted by molar-refractivity contribution is 6.06. The van der Waals surface area contributed by atoms with Gasteiger partial charge in [0.25, 0.3) is 11.8 Å². The number of carbonyl (C=O) groups excluding carboxylic acids is 5. The van der Waals surface area contributed by atoms with E-state index in [0.29, 0.717) is 24.1 Å². The molecule has 9 nitrogen and oxygen atoms in total. The molecular weight excluding hydrogens is 414 g/mol. The predicted molar refractivity (Wildman–Crippen MR) is 113 cm³/mol. The SMILES string of the molecule is O=C(COC(=O)CCN1C(=O)C2CC=CCC2C1=O)Nc1ccccc1C(=O)NC1CC1. The van der Waals surface area contributed by atoms with Crippen molar-refractivity contribution in [3.8, 4) is 0 Å². The quantitative estimate of drug-likeness (QED) is 0.359. The molecule has 2 N–H and O–H groups in total. The summed E-state index contributed by atoms with van der Waals surface area (Å²) in [7, 11) is 0. The number of imide groups is 1. The van der Waals surface area contributed by atoms with E-state index < -0.39 is 18.5 Å². The van der Waals surface area contributed by atoms with Gasteiger partial charge < -0.3 is 15.4 Å². The van der Waals surface area contributed by atoms with Crippen molar-refractivity contribution in [2.75, 3.05) is 18.5 Å². The normalized spacial score (nSPS) is 21.8. The highest BCUT2D eigenvalue weighted by Gasteiger charge is 2.46. The van der Waals surface area contributed by atoms with E-state index in [-0.39, 0.29) is 48.6 Å². The number of allylic oxidation sites excluding steroid dienone is 2. The summed E-state index contributed by atoms with van der Waals surface area (Å²) in [4.78, 5) is 62.5. The first-order valence-electron chi connectivity index (χ1n) is 10.8. The first-order valence-corrected chi connectivity index (χ1v) is 10.8. The Morgan fingerprint density at radius 1 is 1.00 bits per heavy atom. The van der Waals surface area contributed by atoms with Crippen LogP contribution in [0.5, 0.6) is 0 Å². The van der Waals surface area contributed by atoms with Gasteiger partial charge in [-0.2, -0.15) is 0 Å². The number of hydrogen-bond donors (Lipinski definition) is 2. The van der Waals surface area contributed by atoms with Crippen molar-refractivity contribution in [2.24, 2.45) is 11.8 Å². The molecule has 2 aliphatic carbocycles. The molecule has 4 rings (SSSR count). The summed E-state index contributed by atoms with van der Waals surface area (Å²) in [5.41, 5.74) is 0.664. The zero-order chi connectivity index (χ0) is 22.7. The van der Waals surface area contributed by atoms with E-state index in [2.05, 4.69) is 10.6 Å². The third kappa shape index (κ3) is 4.87. The van der Waals surface area contributed by atoms with E-state index in [4.69, 9.17) is 4.74 Å². The lowest BCUT2D eigenvalue weighted by atomic mass is 9.85. The van der Waals surface area contributed by atoms with Crippen LogP contribution in [0.2, 0.25) is 0 Å². The van der Waals surface area contributed by atoms with Crippen molar-refractivity contribution >= 4 is 35.3 Å². The molecule has 0 radical (unpaired) electrons. The topological polar surface area (TPSA) is 122 Å². The number of likely N-dealkylation sites (tertiary alicyclic amines) is 1. The Labute approximate surface area is 185 Å². The van der Waals surface area contributed by atoms with Crippen molar-refractivity contribution in [3.05, 3.63) is 42.0 Å². The number of fused-ring (bicyclic) bond motifs is 1. The molecule has 0 aromatic heterocycles. The maximum atomic E-state index is 12.4. The molecule has 1 saturated heterocycles. The Morgan fingerprint density at radius 2 is 1.66 bits per heavy atom. The Hall–Kier alpha value is -3.49. The smallest absolute Gasteiger partial charge is 0.308 e. The maximum absolute atomic E-state index is 12.4. The number of amides is 4. The van der Waals surface area contributed by atoms with Gasteiger partial charge in [0.15, 0.2) is 6.61 Å². The van der Waals surface area contributed by atoms with Gasteiger partial charge in [-0.1, -0.05) is 24.3 Å². The second kappa shape index (κ2) is 9.33. The molecule has 1 saturated carbocycles. The third-order valence-corrected chi connectivity index (χ3v) is 5.86. The molecule has 3 aliphatic rings. The summed E-state index contributed by atoms with van der Waals surface area (Å²) in [6.45, 7) is -0.593. The number of anilines is 1. The van der Waals surface area contributed by atoms with Crippen LogP contribution in [0.25, 0.3) is 0 Å². The van der Waals surface area contributed by atoms with Crippen molar-refractivity contribution in [1.82, 2.24) is 10.2 Å². The number of hydrogen-bond acceptors (Lipinski definition) is 6. The van der Waals surface area contributed by atoms with Crippen molar-refractivity contribution < 1.29 is 28.7 Å². The fraction of sp³-hybridized carbons (Fsp3) is 0.435. The first kappa shape index (κ1) is 21.7. The van der Waals surface area contributed by atoms with Crippen molar-refractivity contribution in [1.29, 1.82) is 0 Å². The van der Waals surface area contributed by atoms with Crippen LogP contribution < -0.4 is 10.6 Å². The average molecular weight is 439 g/mol. The molecule has 2 unspecified atom stereocenters. The molecule has 1 aromatic carbocycles. The van der Waals surface area contributed by atoms with Crippen LogP contribution in [0.4, 0.5) is 5.69 Å². The van der Waals surface area contributed by atoms with Gasteiger partial charge in [-0.25, -0.2) is 0 Å². The number of esters is 1. The number of rotatable bonds is 8. The fourth-order valence-electron chi connectivity index (χ4n) is 3.98. The van der Waals surface area contributed by atoms with Crippen LogP contribution in [-0.2, 0) is 23.9 Å². The summed E-state index contributed by atoms with van der Waals surface area (Å²) in [5.74, 6) is -2.73. The summed E-state index contributed by atoms with van der Waals surface area (Å²) in [6, 6.07) is 6.77. The van der Waals surface area contributed by atoms with Crippen LogP contribution >= 0.6 is 0 Å². The van der Waals surface area contributed by atoms with Crippen molar-refractivity contribution in [3.63, 3.8) is 0 Å². The summed E-state index contributed by atoms with van der Waals surface area (Å²) in [6.07, 6.45) is 6.59. The van der Waals surface area contributed by atoms with Gasteiger partial charge in [-0.3, -0.25) is 28.9 Å². The second-order valence-electron chi connectivity index (χ2n) is 8.24. The Kier molecular flexibility index (Phi) is 6.34. The van der Waals surface area contributed by atoms with E-state index in [1.165, 1.54) is 0 Å². The molecule has 1 aliphatic heterocycles. The van der Waals surface area contributed by atoms with Crippen LogP contribution in [0.1, 0.15) is 42.5 Å². The summed E-state index contributed by atoms with van der Waals surface area (Å²) < 4.78 is 4.99. The van der Waals surface area contributed by atoms with Gasteiger partial charge in [0.2, 0.25) is 11.8 Å². The molecular formula is C23H25N3O6. The van der Waals surface area contributed by atoms with Gasteiger partial charge in [0, 0.05) is 12.6 Å². The minimum atomic E-state index is -0.687.